The molecule has 0 spiro atoms. The van der Waals surface area contributed by atoms with Crippen molar-refractivity contribution in [1.29, 1.82) is 0 Å². The van der Waals surface area contributed by atoms with Gasteiger partial charge in [0.25, 0.3) is 0 Å². The summed E-state index contributed by atoms with van der Waals surface area (Å²) < 4.78 is 84.8. The molecule has 0 saturated heterocycles. The molecule has 0 aliphatic heterocycles. The molecule has 0 unspecified atom stereocenters. The number of alkyl halides is 6. The minimum absolute atomic E-state index is 0.0866. The van der Waals surface area contributed by atoms with Crippen molar-refractivity contribution in [2.45, 2.75) is 24.7 Å². The van der Waals surface area contributed by atoms with Gasteiger partial charge >= 0.3 is 12.4 Å². The number of hydrogen-bond donors (Lipinski definition) is 0. The lowest BCUT2D eigenvalue weighted by atomic mass is 9.86. The molecule has 32 heavy (non-hydrogen) atoms. The molecule has 2 heterocycles. The maximum absolute atomic E-state index is 13.6. The van der Waals surface area contributed by atoms with Crippen molar-refractivity contribution in [3.63, 3.8) is 0 Å². The number of carbonyl (C=O) groups is 1. The molecule has 168 valence electrons. The average molecular weight is 454 g/mol. The van der Waals surface area contributed by atoms with Gasteiger partial charge in [0.15, 0.2) is 5.78 Å². The Morgan fingerprint density at radius 2 is 1.66 bits per heavy atom. The number of ketones is 1. The summed E-state index contributed by atoms with van der Waals surface area (Å²) in [5, 5.41) is 0. The van der Waals surface area contributed by atoms with E-state index in [0.717, 1.165) is 42.6 Å². The van der Waals surface area contributed by atoms with Crippen LogP contribution in [0.15, 0.2) is 61.1 Å². The first-order chi connectivity index (χ1) is 15.0. The van der Waals surface area contributed by atoms with Crippen molar-refractivity contribution in [3.8, 4) is 5.75 Å². The first-order valence-corrected chi connectivity index (χ1v) is 9.23. The molecule has 10 heteroatoms. The molecule has 0 bridgehead atoms. The third kappa shape index (κ3) is 5.06. The Kier molecular flexibility index (Phi) is 6.52. The number of Topliss-reactive ketones (excluding diaryl/α,β-unsaturated/α-hetero) is 1. The standard InChI is InChI=1S/C22H16F6N2O2/c1-32-19-12-29-10-8-15(19)18(31)11-16(13-4-6-14(7-5-13)21(23,24)25)20-17(22(26,27)28)3-2-9-30-20/h2-10,12,16H,11H2,1H3/t16-/m0/s1. The zero-order chi connectivity index (χ0) is 23.5. The lowest BCUT2D eigenvalue weighted by Gasteiger charge is -2.21. The predicted molar refractivity (Wildman–Crippen MR) is 102 cm³/mol. The van der Waals surface area contributed by atoms with E-state index >= 15 is 0 Å². The minimum Gasteiger partial charge on any atom is -0.494 e. The van der Waals surface area contributed by atoms with Gasteiger partial charge in [-0.25, -0.2) is 0 Å². The van der Waals surface area contributed by atoms with Gasteiger partial charge in [-0.3, -0.25) is 14.8 Å². The number of carbonyl (C=O) groups excluding carboxylic acids is 1. The van der Waals surface area contributed by atoms with E-state index in [2.05, 4.69) is 9.97 Å². The fourth-order valence-corrected chi connectivity index (χ4v) is 3.28. The molecule has 4 nitrogen and oxygen atoms in total. The van der Waals surface area contributed by atoms with Crippen LogP contribution < -0.4 is 4.74 Å². The van der Waals surface area contributed by atoms with Gasteiger partial charge in [0.05, 0.1) is 35.7 Å². The van der Waals surface area contributed by atoms with Crippen LogP contribution in [0.5, 0.6) is 5.75 Å². The molecule has 0 aliphatic rings. The molecule has 3 aromatic rings. The highest BCUT2D eigenvalue weighted by Gasteiger charge is 2.37. The second-order valence-corrected chi connectivity index (χ2v) is 6.81. The highest BCUT2D eigenvalue weighted by molar-refractivity contribution is 5.99. The van der Waals surface area contributed by atoms with E-state index in [1.165, 1.54) is 25.6 Å². The quantitative estimate of drug-likeness (QED) is 0.342. The van der Waals surface area contributed by atoms with Crippen molar-refractivity contribution in [2.75, 3.05) is 7.11 Å². The van der Waals surface area contributed by atoms with Crippen LogP contribution >= 0.6 is 0 Å². The summed E-state index contributed by atoms with van der Waals surface area (Å²) in [5.41, 5.74) is -2.31. The van der Waals surface area contributed by atoms with Crippen molar-refractivity contribution in [3.05, 3.63) is 89.0 Å². The first-order valence-electron chi connectivity index (χ1n) is 9.23. The van der Waals surface area contributed by atoms with Crippen LogP contribution in [0.4, 0.5) is 26.3 Å². The highest BCUT2D eigenvalue weighted by Crippen LogP contribution is 2.39. The summed E-state index contributed by atoms with van der Waals surface area (Å²) >= 11 is 0. The summed E-state index contributed by atoms with van der Waals surface area (Å²) in [6, 6.07) is 6.90. The molecule has 0 amide bonds. The largest absolute Gasteiger partial charge is 0.494 e. The van der Waals surface area contributed by atoms with Crippen LogP contribution in [-0.2, 0) is 12.4 Å². The second kappa shape index (κ2) is 8.97. The molecule has 0 aliphatic carbocycles. The Hall–Kier alpha value is -3.43. The monoisotopic (exact) mass is 454 g/mol. The first kappa shape index (κ1) is 23.2. The molecule has 2 aromatic heterocycles. The number of methoxy groups -OCH3 is 1. The van der Waals surface area contributed by atoms with E-state index in [-0.39, 0.29) is 16.9 Å². The Morgan fingerprint density at radius 1 is 0.969 bits per heavy atom. The number of halogens is 6. The van der Waals surface area contributed by atoms with Gasteiger partial charge in [0.1, 0.15) is 5.75 Å². The maximum Gasteiger partial charge on any atom is 0.418 e. The van der Waals surface area contributed by atoms with E-state index in [0.29, 0.717) is 0 Å². The normalized spacial score (nSPS) is 13.0. The summed E-state index contributed by atoms with van der Waals surface area (Å²) in [7, 11) is 1.31. The molecule has 1 aromatic carbocycles. The fourth-order valence-electron chi connectivity index (χ4n) is 3.28. The Morgan fingerprint density at radius 3 is 2.25 bits per heavy atom. The van der Waals surface area contributed by atoms with E-state index in [9.17, 15) is 31.1 Å². The van der Waals surface area contributed by atoms with Crippen LogP contribution in [0.3, 0.4) is 0 Å². The second-order valence-electron chi connectivity index (χ2n) is 6.81. The number of ether oxygens (including phenoxy) is 1. The van der Waals surface area contributed by atoms with E-state index < -0.39 is 47.3 Å². The molecule has 0 radical (unpaired) electrons. The average Bonchev–Trinajstić information content (AvgIpc) is 2.76. The zero-order valence-corrected chi connectivity index (χ0v) is 16.5. The van der Waals surface area contributed by atoms with Gasteiger partial charge in [-0.15, -0.1) is 0 Å². The summed E-state index contributed by atoms with van der Waals surface area (Å²) in [6.07, 6.45) is -6.13. The minimum atomic E-state index is -4.77. The summed E-state index contributed by atoms with van der Waals surface area (Å²) in [4.78, 5) is 20.6. The fraction of sp³-hybridized carbons (Fsp3) is 0.227. The molecular formula is C22H16F6N2O2. The zero-order valence-electron chi connectivity index (χ0n) is 16.5. The van der Waals surface area contributed by atoms with Gasteiger partial charge in [0.2, 0.25) is 0 Å². The number of benzene rings is 1. The lowest BCUT2D eigenvalue weighted by Crippen LogP contribution is -2.18. The van der Waals surface area contributed by atoms with E-state index in [4.69, 9.17) is 4.74 Å². The number of nitrogens with zero attached hydrogens (tertiary/aromatic N) is 2. The van der Waals surface area contributed by atoms with Crippen molar-refractivity contribution in [1.82, 2.24) is 9.97 Å². The highest BCUT2D eigenvalue weighted by atomic mass is 19.4. The number of rotatable bonds is 6. The van der Waals surface area contributed by atoms with Gasteiger partial charge in [-0.05, 0) is 35.9 Å². The molecule has 3 rings (SSSR count). The molecule has 0 fully saturated rings. The van der Waals surface area contributed by atoms with Crippen molar-refractivity contribution >= 4 is 5.78 Å². The smallest absolute Gasteiger partial charge is 0.418 e. The molecule has 0 N–H and O–H groups in total. The summed E-state index contributed by atoms with van der Waals surface area (Å²) in [5.74, 6) is -1.70. The Balaban J connectivity index is 2.10. The van der Waals surface area contributed by atoms with Crippen LogP contribution in [-0.4, -0.2) is 22.9 Å². The van der Waals surface area contributed by atoms with E-state index in [1.807, 2.05) is 0 Å². The van der Waals surface area contributed by atoms with Crippen LogP contribution in [0.1, 0.15) is 45.1 Å². The Bertz CT molecular complexity index is 1090. The lowest BCUT2D eigenvalue weighted by molar-refractivity contribution is -0.139. The molecular weight excluding hydrogens is 438 g/mol. The SMILES string of the molecule is COc1cnccc1C(=O)C[C@@H](c1ccc(C(F)(F)F)cc1)c1ncccc1C(F)(F)F. The number of hydrogen-bond acceptors (Lipinski definition) is 4. The maximum atomic E-state index is 13.6. The topological polar surface area (TPSA) is 52.1 Å². The van der Waals surface area contributed by atoms with Crippen molar-refractivity contribution in [2.24, 2.45) is 0 Å². The van der Waals surface area contributed by atoms with Gasteiger partial charge in [-0.2, -0.15) is 26.3 Å². The van der Waals surface area contributed by atoms with Gasteiger partial charge in [-0.1, -0.05) is 12.1 Å². The van der Waals surface area contributed by atoms with Crippen LogP contribution in [0.2, 0.25) is 0 Å². The van der Waals surface area contributed by atoms with Gasteiger partial charge < -0.3 is 4.74 Å². The van der Waals surface area contributed by atoms with Gasteiger partial charge in [0, 0.05) is 24.7 Å². The van der Waals surface area contributed by atoms with Crippen LogP contribution in [0, 0.1) is 0 Å². The van der Waals surface area contributed by atoms with Crippen LogP contribution in [0.25, 0.3) is 0 Å². The predicted octanol–water partition coefficient (Wildman–Crippen LogP) is 5.93. The Labute approximate surface area is 178 Å². The molecule has 1 atom stereocenters. The number of pyridine rings is 2. The number of aromatic nitrogens is 2. The van der Waals surface area contributed by atoms with Crippen molar-refractivity contribution < 1.29 is 35.9 Å². The third-order valence-corrected chi connectivity index (χ3v) is 4.81. The third-order valence-electron chi connectivity index (χ3n) is 4.81. The summed E-state index contributed by atoms with van der Waals surface area (Å²) in [6.45, 7) is 0. The van der Waals surface area contributed by atoms with E-state index in [1.54, 1.807) is 0 Å². The molecule has 0 saturated carbocycles.